The number of hydrogen-bond acceptors (Lipinski definition) is 5. The summed E-state index contributed by atoms with van der Waals surface area (Å²) in [7, 11) is 0. The summed E-state index contributed by atoms with van der Waals surface area (Å²) >= 11 is 3.17. The molecule has 0 amide bonds. The Morgan fingerprint density at radius 1 is 1.30 bits per heavy atom. The zero-order valence-corrected chi connectivity index (χ0v) is 11.5. The van der Waals surface area contributed by atoms with E-state index in [4.69, 9.17) is 4.42 Å². The summed E-state index contributed by atoms with van der Waals surface area (Å²) in [6, 6.07) is 4.96. The van der Waals surface area contributed by atoms with Crippen molar-refractivity contribution >= 4 is 21.9 Å². The van der Waals surface area contributed by atoms with Gasteiger partial charge in [-0.3, -0.25) is 0 Å². The third-order valence-electron chi connectivity index (χ3n) is 2.51. The summed E-state index contributed by atoms with van der Waals surface area (Å²) in [5, 5.41) is 13.4. The average Bonchev–Trinajstić information content (AvgIpc) is 3.05. The van der Waals surface area contributed by atoms with Gasteiger partial charge in [0.15, 0.2) is 10.4 Å². The van der Waals surface area contributed by atoms with Crippen LogP contribution in [0.5, 0.6) is 0 Å². The van der Waals surface area contributed by atoms with E-state index in [1.54, 1.807) is 30.6 Å². The van der Waals surface area contributed by atoms with Gasteiger partial charge in [-0.25, -0.2) is 19.4 Å². The molecule has 0 aliphatic carbocycles. The van der Waals surface area contributed by atoms with Crippen molar-refractivity contribution in [2.75, 3.05) is 0 Å². The Labute approximate surface area is 121 Å². The van der Waals surface area contributed by atoms with Crippen LogP contribution in [0.3, 0.4) is 0 Å². The van der Waals surface area contributed by atoms with E-state index < -0.39 is 5.97 Å². The van der Waals surface area contributed by atoms with Crippen LogP contribution in [0, 0.1) is 0 Å². The van der Waals surface area contributed by atoms with Gasteiger partial charge in [0, 0.05) is 18.6 Å². The van der Waals surface area contributed by atoms with Crippen LogP contribution in [-0.2, 0) is 0 Å². The average molecular weight is 335 g/mol. The number of furan rings is 1. The van der Waals surface area contributed by atoms with E-state index in [2.05, 4.69) is 31.0 Å². The molecule has 3 aromatic rings. The number of carboxylic acids is 1. The highest BCUT2D eigenvalue weighted by Gasteiger charge is 2.20. The molecular weight excluding hydrogens is 328 g/mol. The number of nitrogens with zero attached hydrogens (tertiary/aromatic N) is 4. The molecule has 0 aliphatic rings. The van der Waals surface area contributed by atoms with Crippen LogP contribution in [0.2, 0.25) is 0 Å². The molecule has 0 aliphatic heterocycles. The number of halogens is 1. The lowest BCUT2D eigenvalue weighted by Gasteiger charge is -1.96. The molecule has 1 N–H and O–H groups in total. The molecule has 3 rings (SSSR count). The standard InChI is InChI=1S/C12H7BrN4O3/c13-9-3-2-8(20-9)10-7(11(18)19)6-17(16-10)12-14-4-1-5-15-12/h1-6H,(H,18,19). The highest BCUT2D eigenvalue weighted by molar-refractivity contribution is 9.10. The molecule has 0 radical (unpaired) electrons. The van der Waals surface area contributed by atoms with Gasteiger partial charge in [0.05, 0.1) is 0 Å². The number of aromatic carboxylic acids is 1. The molecule has 0 spiro atoms. The van der Waals surface area contributed by atoms with E-state index in [9.17, 15) is 9.90 Å². The molecule has 0 bridgehead atoms. The van der Waals surface area contributed by atoms with Crippen molar-refractivity contribution in [1.82, 2.24) is 19.7 Å². The summed E-state index contributed by atoms with van der Waals surface area (Å²) in [5.74, 6) is -0.467. The summed E-state index contributed by atoms with van der Waals surface area (Å²) in [6.45, 7) is 0. The van der Waals surface area contributed by atoms with Gasteiger partial charge >= 0.3 is 5.97 Å². The first-order valence-corrected chi connectivity index (χ1v) is 6.30. The highest BCUT2D eigenvalue weighted by Crippen LogP contribution is 2.27. The van der Waals surface area contributed by atoms with Gasteiger partial charge in [-0.15, -0.1) is 0 Å². The Morgan fingerprint density at radius 2 is 2.05 bits per heavy atom. The fourth-order valence-corrected chi connectivity index (χ4v) is 1.97. The smallest absolute Gasteiger partial charge is 0.339 e. The zero-order chi connectivity index (χ0) is 14.1. The second kappa shape index (κ2) is 4.89. The van der Waals surface area contributed by atoms with Crippen molar-refractivity contribution in [1.29, 1.82) is 0 Å². The van der Waals surface area contributed by atoms with Gasteiger partial charge in [-0.2, -0.15) is 5.10 Å². The molecule has 0 saturated heterocycles. The van der Waals surface area contributed by atoms with Gasteiger partial charge in [-0.05, 0) is 34.1 Å². The quantitative estimate of drug-likeness (QED) is 0.790. The van der Waals surface area contributed by atoms with Crippen molar-refractivity contribution in [3.05, 3.63) is 47.0 Å². The topological polar surface area (TPSA) is 94.0 Å². The van der Waals surface area contributed by atoms with Crippen molar-refractivity contribution in [2.24, 2.45) is 0 Å². The minimum atomic E-state index is -1.10. The summed E-state index contributed by atoms with van der Waals surface area (Å²) in [4.78, 5) is 19.3. The number of rotatable bonds is 3. The van der Waals surface area contributed by atoms with Crippen LogP contribution in [-0.4, -0.2) is 30.8 Å². The maximum atomic E-state index is 11.3. The number of carboxylic acid groups (broad SMARTS) is 1. The molecule has 8 heteroatoms. The molecule has 100 valence electrons. The van der Waals surface area contributed by atoms with E-state index in [1.807, 2.05) is 0 Å². The molecule has 0 saturated carbocycles. The third kappa shape index (κ3) is 2.21. The summed E-state index contributed by atoms with van der Waals surface area (Å²) < 4.78 is 7.14. The fourth-order valence-electron chi connectivity index (χ4n) is 1.67. The number of carbonyl (C=O) groups is 1. The summed E-state index contributed by atoms with van der Waals surface area (Å²) in [5.41, 5.74) is 0.231. The maximum absolute atomic E-state index is 11.3. The maximum Gasteiger partial charge on any atom is 0.339 e. The lowest BCUT2D eigenvalue weighted by molar-refractivity contribution is 0.0697. The second-order valence-electron chi connectivity index (χ2n) is 3.79. The SMILES string of the molecule is O=C(O)c1cn(-c2ncccn2)nc1-c1ccc(Br)o1. The molecular formula is C12H7BrN4O3. The molecule has 0 atom stereocenters. The third-order valence-corrected chi connectivity index (χ3v) is 2.93. The zero-order valence-electron chi connectivity index (χ0n) is 9.89. The van der Waals surface area contributed by atoms with Crippen LogP contribution < -0.4 is 0 Å². The van der Waals surface area contributed by atoms with Crippen LogP contribution in [0.4, 0.5) is 0 Å². The van der Waals surface area contributed by atoms with Crippen LogP contribution in [0.25, 0.3) is 17.4 Å². The molecule has 3 heterocycles. The molecule has 0 aromatic carbocycles. The monoisotopic (exact) mass is 334 g/mol. The Morgan fingerprint density at radius 3 is 2.65 bits per heavy atom. The molecule has 7 nitrogen and oxygen atoms in total. The Bertz CT molecular complexity index is 766. The van der Waals surface area contributed by atoms with Gasteiger partial charge in [0.1, 0.15) is 11.3 Å². The molecule has 0 fully saturated rings. The molecule has 3 aromatic heterocycles. The molecule has 0 unspecified atom stereocenters. The first kappa shape index (κ1) is 12.5. The predicted molar refractivity (Wildman–Crippen MR) is 71.5 cm³/mol. The normalized spacial score (nSPS) is 10.7. The lowest BCUT2D eigenvalue weighted by Crippen LogP contribution is -2.00. The first-order chi connectivity index (χ1) is 9.65. The number of hydrogen-bond donors (Lipinski definition) is 1. The highest BCUT2D eigenvalue weighted by atomic mass is 79.9. The van der Waals surface area contributed by atoms with Crippen molar-refractivity contribution < 1.29 is 14.3 Å². The van der Waals surface area contributed by atoms with Crippen molar-refractivity contribution in [3.8, 4) is 17.4 Å². The predicted octanol–water partition coefficient (Wildman–Crippen LogP) is 2.38. The van der Waals surface area contributed by atoms with Crippen LogP contribution in [0.15, 0.2) is 45.9 Å². The molecule has 20 heavy (non-hydrogen) atoms. The second-order valence-corrected chi connectivity index (χ2v) is 4.58. The minimum absolute atomic E-state index is 0.0132. The largest absolute Gasteiger partial charge is 0.478 e. The Balaban J connectivity index is 2.15. The summed E-state index contributed by atoms with van der Waals surface area (Å²) in [6.07, 6.45) is 4.45. The van der Waals surface area contributed by atoms with E-state index >= 15 is 0 Å². The van der Waals surface area contributed by atoms with Gasteiger partial charge < -0.3 is 9.52 Å². The van der Waals surface area contributed by atoms with Gasteiger partial charge in [-0.1, -0.05) is 0 Å². The Kier molecular flexibility index (Phi) is 3.07. The minimum Gasteiger partial charge on any atom is -0.478 e. The van der Waals surface area contributed by atoms with E-state index in [0.29, 0.717) is 10.4 Å². The van der Waals surface area contributed by atoms with Gasteiger partial charge in [0.25, 0.3) is 0 Å². The first-order valence-electron chi connectivity index (χ1n) is 5.51. The Hall–Kier alpha value is -2.48. The van der Waals surface area contributed by atoms with Crippen molar-refractivity contribution in [2.45, 2.75) is 0 Å². The van der Waals surface area contributed by atoms with Crippen LogP contribution >= 0.6 is 15.9 Å². The van der Waals surface area contributed by atoms with Crippen LogP contribution in [0.1, 0.15) is 10.4 Å². The fraction of sp³-hybridized carbons (Fsp3) is 0. The van der Waals surface area contributed by atoms with E-state index in [1.165, 1.54) is 10.9 Å². The number of aromatic nitrogens is 4. The van der Waals surface area contributed by atoms with E-state index in [-0.39, 0.29) is 17.2 Å². The van der Waals surface area contributed by atoms with Gasteiger partial charge in [0.2, 0.25) is 5.95 Å². The van der Waals surface area contributed by atoms with Crippen molar-refractivity contribution in [3.63, 3.8) is 0 Å². The van der Waals surface area contributed by atoms with E-state index in [0.717, 1.165) is 0 Å². The lowest BCUT2D eigenvalue weighted by atomic mass is 10.2.